The van der Waals surface area contributed by atoms with Gasteiger partial charge in [0.05, 0.1) is 6.54 Å². The Morgan fingerprint density at radius 1 is 1.50 bits per heavy atom. The van der Waals surface area contributed by atoms with Gasteiger partial charge in [0.2, 0.25) is 0 Å². The van der Waals surface area contributed by atoms with E-state index < -0.39 is 0 Å². The highest BCUT2D eigenvalue weighted by molar-refractivity contribution is 7.99. The summed E-state index contributed by atoms with van der Waals surface area (Å²) in [5.74, 6) is 1.24. The second-order valence-electron chi connectivity index (χ2n) is 4.25. The molecule has 1 heterocycles. The summed E-state index contributed by atoms with van der Waals surface area (Å²) in [6.07, 6.45) is 7.98. The van der Waals surface area contributed by atoms with Gasteiger partial charge in [-0.25, -0.2) is 0 Å². The number of aromatic nitrogens is 2. The summed E-state index contributed by atoms with van der Waals surface area (Å²) in [5, 5.41) is 8.72. The van der Waals surface area contributed by atoms with Crippen molar-refractivity contribution in [1.29, 1.82) is 0 Å². The van der Waals surface area contributed by atoms with Crippen LogP contribution in [0, 0.1) is 0 Å². The monoisotopic (exact) mass is 239 g/mol. The molecule has 0 radical (unpaired) electrons. The molecule has 1 aromatic heterocycles. The molecular formula is C12H21N3S. The number of nitrogens with zero attached hydrogens (tertiary/aromatic N) is 2. The van der Waals surface area contributed by atoms with Gasteiger partial charge in [0.15, 0.2) is 0 Å². The molecule has 0 amide bonds. The van der Waals surface area contributed by atoms with Crippen LogP contribution in [0.2, 0.25) is 0 Å². The molecule has 2 unspecified atom stereocenters. The molecule has 90 valence electrons. The topological polar surface area (TPSA) is 29.9 Å². The first-order chi connectivity index (χ1) is 7.90. The maximum Gasteiger partial charge on any atom is 0.0534 e. The lowest BCUT2D eigenvalue weighted by atomic mass is 10.2. The lowest BCUT2D eigenvalue weighted by Gasteiger charge is -2.20. The SMILES string of the molecule is CCSC1CCCC1NCCn1cccn1. The first kappa shape index (κ1) is 12.0. The molecule has 16 heavy (non-hydrogen) atoms. The van der Waals surface area contributed by atoms with Crippen LogP contribution >= 0.6 is 11.8 Å². The van der Waals surface area contributed by atoms with Crippen molar-refractivity contribution in [2.75, 3.05) is 12.3 Å². The zero-order valence-corrected chi connectivity index (χ0v) is 10.7. The Kier molecular flexibility index (Phi) is 4.72. The van der Waals surface area contributed by atoms with E-state index in [0.29, 0.717) is 0 Å². The third-order valence-electron chi connectivity index (χ3n) is 3.14. The Balaban J connectivity index is 1.69. The van der Waals surface area contributed by atoms with Gasteiger partial charge in [-0.2, -0.15) is 16.9 Å². The van der Waals surface area contributed by atoms with Gasteiger partial charge in [0, 0.05) is 30.2 Å². The highest BCUT2D eigenvalue weighted by Crippen LogP contribution is 2.29. The van der Waals surface area contributed by atoms with Crippen molar-refractivity contribution < 1.29 is 0 Å². The fraction of sp³-hybridized carbons (Fsp3) is 0.750. The largest absolute Gasteiger partial charge is 0.311 e. The van der Waals surface area contributed by atoms with E-state index in [1.807, 2.05) is 23.1 Å². The van der Waals surface area contributed by atoms with Crippen LogP contribution < -0.4 is 5.32 Å². The molecule has 1 aromatic rings. The first-order valence-electron chi connectivity index (χ1n) is 6.22. The van der Waals surface area contributed by atoms with E-state index >= 15 is 0 Å². The molecule has 1 aliphatic carbocycles. The van der Waals surface area contributed by atoms with E-state index in [-0.39, 0.29) is 0 Å². The number of rotatable bonds is 6. The zero-order valence-electron chi connectivity index (χ0n) is 9.93. The molecule has 3 nitrogen and oxygen atoms in total. The Morgan fingerprint density at radius 3 is 3.19 bits per heavy atom. The molecule has 2 rings (SSSR count). The van der Waals surface area contributed by atoms with Crippen molar-refractivity contribution in [3.63, 3.8) is 0 Å². The van der Waals surface area contributed by atoms with Crippen LogP contribution in [-0.2, 0) is 6.54 Å². The molecular weight excluding hydrogens is 218 g/mol. The van der Waals surface area contributed by atoms with Crippen LogP contribution in [0.25, 0.3) is 0 Å². The molecule has 1 saturated carbocycles. The normalized spacial score (nSPS) is 25.1. The maximum atomic E-state index is 4.21. The van der Waals surface area contributed by atoms with Crippen LogP contribution in [0.5, 0.6) is 0 Å². The summed E-state index contributed by atoms with van der Waals surface area (Å²) in [5.41, 5.74) is 0. The molecule has 0 spiro atoms. The van der Waals surface area contributed by atoms with E-state index in [1.165, 1.54) is 25.0 Å². The molecule has 0 aliphatic heterocycles. The van der Waals surface area contributed by atoms with Gasteiger partial charge < -0.3 is 5.32 Å². The minimum atomic E-state index is 0.723. The summed E-state index contributed by atoms with van der Waals surface area (Å²) in [4.78, 5) is 0. The van der Waals surface area contributed by atoms with Crippen molar-refractivity contribution in [2.24, 2.45) is 0 Å². The van der Waals surface area contributed by atoms with Gasteiger partial charge in [-0.3, -0.25) is 4.68 Å². The predicted molar refractivity (Wildman–Crippen MR) is 69.8 cm³/mol. The number of hydrogen-bond donors (Lipinski definition) is 1. The van der Waals surface area contributed by atoms with Crippen molar-refractivity contribution >= 4 is 11.8 Å². The van der Waals surface area contributed by atoms with Gasteiger partial charge in [-0.1, -0.05) is 13.3 Å². The zero-order chi connectivity index (χ0) is 11.2. The average Bonchev–Trinajstić information content (AvgIpc) is 2.91. The third kappa shape index (κ3) is 3.25. The fourth-order valence-electron chi connectivity index (χ4n) is 2.37. The van der Waals surface area contributed by atoms with Crippen molar-refractivity contribution in [2.45, 2.75) is 44.0 Å². The van der Waals surface area contributed by atoms with Crippen LogP contribution in [0.3, 0.4) is 0 Å². The van der Waals surface area contributed by atoms with E-state index in [4.69, 9.17) is 0 Å². The van der Waals surface area contributed by atoms with Crippen LogP contribution in [0.1, 0.15) is 26.2 Å². The Bertz CT molecular complexity index is 286. The first-order valence-corrected chi connectivity index (χ1v) is 7.27. The maximum absolute atomic E-state index is 4.21. The third-order valence-corrected chi connectivity index (χ3v) is 4.47. The molecule has 1 N–H and O–H groups in total. The highest BCUT2D eigenvalue weighted by atomic mass is 32.2. The minimum absolute atomic E-state index is 0.723. The Morgan fingerprint density at radius 2 is 2.44 bits per heavy atom. The smallest absolute Gasteiger partial charge is 0.0534 e. The summed E-state index contributed by atoms with van der Waals surface area (Å²) >= 11 is 2.11. The second-order valence-corrected chi connectivity index (χ2v) is 5.77. The molecule has 1 fully saturated rings. The minimum Gasteiger partial charge on any atom is -0.311 e. The van der Waals surface area contributed by atoms with Gasteiger partial charge >= 0.3 is 0 Å². The molecule has 2 atom stereocenters. The van der Waals surface area contributed by atoms with Crippen LogP contribution in [0.4, 0.5) is 0 Å². The second kappa shape index (κ2) is 6.30. The predicted octanol–water partition coefficient (Wildman–Crippen LogP) is 2.15. The van der Waals surface area contributed by atoms with Crippen molar-refractivity contribution in [1.82, 2.24) is 15.1 Å². The van der Waals surface area contributed by atoms with Crippen LogP contribution in [-0.4, -0.2) is 33.4 Å². The van der Waals surface area contributed by atoms with Crippen molar-refractivity contribution in [3.8, 4) is 0 Å². The fourth-order valence-corrected chi connectivity index (χ4v) is 3.60. The molecule has 0 bridgehead atoms. The molecule has 4 heteroatoms. The summed E-state index contributed by atoms with van der Waals surface area (Å²) in [6, 6.07) is 2.70. The number of thioether (sulfide) groups is 1. The van der Waals surface area contributed by atoms with E-state index in [2.05, 4.69) is 29.1 Å². The molecule has 0 aromatic carbocycles. The molecule has 1 aliphatic rings. The van der Waals surface area contributed by atoms with Crippen molar-refractivity contribution in [3.05, 3.63) is 18.5 Å². The highest BCUT2D eigenvalue weighted by Gasteiger charge is 2.26. The van der Waals surface area contributed by atoms with Gasteiger partial charge in [0.1, 0.15) is 0 Å². The van der Waals surface area contributed by atoms with E-state index in [0.717, 1.165) is 24.4 Å². The number of nitrogens with one attached hydrogen (secondary N) is 1. The lowest BCUT2D eigenvalue weighted by Crippen LogP contribution is -2.36. The lowest BCUT2D eigenvalue weighted by molar-refractivity contribution is 0.485. The van der Waals surface area contributed by atoms with Gasteiger partial charge in [-0.05, 0) is 24.7 Å². The summed E-state index contributed by atoms with van der Waals surface area (Å²) in [7, 11) is 0. The van der Waals surface area contributed by atoms with Gasteiger partial charge in [-0.15, -0.1) is 0 Å². The molecule has 0 saturated heterocycles. The average molecular weight is 239 g/mol. The van der Waals surface area contributed by atoms with E-state index in [9.17, 15) is 0 Å². The van der Waals surface area contributed by atoms with Gasteiger partial charge in [0.25, 0.3) is 0 Å². The van der Waals surface area contributed by atoms with Crippen LogP contribution in [0.15, 0.2) is 18.5 Å². The number of hydrogen-bond acceptors (Lipinski definition) is 3. The Labute approximate surface area is 102 Å². The quantitative estimate of drug-likeness (QED) is 0.825. The Hall–Kier alpha value is -0.480. The summed E-state index contributed by atoms with van der Waals surface area (Å²) < 4.78 is 1.99. The summed E-state index contributed by atoms with van der Waals surface area (Å²) in [6.45, 7) is 4.27. The van der Waals surface area contributed by atoms with E-state index in [1.54, 1.807) is 0 Å². The standard InChI is InChI=1S/C12H21N3S/c1-2-16-12-6-3-5-11(12)13-8-10-15-9-4-7-14-15/h4,7,9,11-13H,2-3,5-6,8,10H2,1H3.